The number of nitrogen functional groups attached to an aromatic ring is 1. The van der Waals surface area contributed by atoms with E-state index in [1.165, 1.54) is 0 Å². The Bertz CT molecular complexity index is 633. The van der Waals surface area contributed by atoms with Crippen molar-refractivity contribution in [2.75, 3.05) is 17.2 Å². The molecule has 0 saturated heterocycles. The van der Waals surface area contributed by atoms with Crippen molar-refractivity contribution in [3.63, 3.8) is 0 Å². The summed E-state index contributed by atoms with van der Waals surface area (Å²) >= 11 is 0. The van der Waals surface area contributed by atoms with Gasteiger partial charge in [-0.25, -0.2) is 4.98 Å². The lowest BCUT2D eigenvalue weighted by Gasteiger charge is -2.23. The van der Waals surface area contributed by atoms with Gasteiger partial charge in [-0.15, -0.1) is 0 Å². The minimum absolute atomic E-state index is 0.102. The van der Waals surface area contributed by atoms with Crippen LogP contribution < -0.4 is 16.2 Å². The molecule has 1 heterocycles. The molecule has 0 aliphatic heterocycles. The molecule has 0 bridgehead atoms. The van der Waals surface area contributed by atoms with Gasteiger partial charge in [0.1, 0.15) is 11.6 Å². The van der Waals surface area contributed by atoms with Crippen molar-refractivity contribution in [1.82, 2.24) is 9.97 Å². The van der Waals surface area contributed by atoms with E-state index in [2.05, 4.69) is 21.8 Å². The molecule has 1 aromatic heterocycles. The largest absolute Gasteiger partial charge is 0.399 e. The quantitative estimate of drug-likeness (QED) is 0.799. The number of anilines is 2. The van der Waals surface area contributed by atoms with Gasteiger partial charge in [-0.1, -0.05) is 26.0 Å². The van der Waals surface area contributed by atoms with E-state index in [4.69, 9.17) is 5.73 Å². The van der Waals surface area contributed by atoms with Crippen molar-refractivity contribution < 1.29 is 0 Å². The summed E-state index contributed by atoms with van der Waals surface area (Å²) in [7, 11) is 0. The van der Waals surface area contributed by atoms with Crippen molar-refractivity contribution in [2.45, 2.75) is 33.2 Å². The minimum Gasteiger partial charge on any atom is -0.399 e. The lowest BCUT2D eigenvalue weighted by molar-refractivity contribution is 0.743. The molecule has 5 nitrogen and oxygen atoms in total. The van der Waals surface area contributed by atoms with Gasteiger partial charge in [0.25, 0.3) is 5.56 Å². The lowest BCUT2D eigenvalue weighted by Crippen LogP contribution is -2.27. The van der Waals surface area contributed by atoms with E-state index in [1.54, 1.807) is 6.07 Å². The molecule has 112 valence electrons. The van der Waals surface area contributed by atoms with Gasteiger partial charge < -0.3 is 15.6 Å². The predicted octanol–water partition coefficient (Wildman–Crippen LogP) is 2.33. The second-order valence-electron chi connectivity index (χ2n) is 5.07. The molecule has 1 aromatic carbocycles. The number of rotatable bonds is 6. The SMILES string of the molecule is CCCN(Cc1ccc(N)cc1)c1cc(=O)[nH]c(CC)n1. The van der Waals surface area contributed by atoms with Crippen LogP contribution >= 0.6 is 0 Å². The Hall–Kier alpha value is -2.30. The van der Waals surface area contributed by atoms with Crippen LogP contribution in [0.2, 0.25) is 0 Å². The van der Waals surface area contributed by atoms with Crippen LogP contribution in [0, 0.1) is 0 Å². The number of hydrogen-bond donors (Lipinski definition) is 2. The van der Waals surface area contributed by atoms with Gasteiger partial charge in [0.05, 0.1) is 0 Å². The summed E-state index contributed by atoms with van der Waals surface area (Å²) in [4.78, 5) is 21.1. The van der Waals surface area contributed by atoms with E-state index in [0.29, 0.717) is 13.0 Å². The molecule has 0 aliphatic carbocycles. The van der Waals surface area contributed by atoms with Crippen LogP contribution in [0.1, 0.15) is 31.7 Å². The van der Waals surface area contributed by atoms with Crippen LogP contribution in [-0.2, 0) is 13.0 Å². The highest BCUT2D eigenvalue weighted by Crippen LogP contribution is 2.15. The normalized spacial score (nSPS) is 10.6. The monoisotopic (exact) mass is 286 g/mol. The summed E-state index contributed by atoms with van der Waals surface area (Å²) in [6.07, 6.45) is 1.70. The van der Waals surface area contributed by atoms with Crippen LogP contribution in [0.25, 0.3) is 0 Å². The number of benzene rings is 1. The Balaban J connectivity index is 2.27. The summed E-state index contributed by atoms with van der Waals surface area (Å²) in [6.45, 7) is 5.66. The molecule has 5 heteroatoms. The summed E-state index contributed by atoms with van der Waals surface area (Å²) in [5.74, 6) is 1.45. The standard InChI is InChI=1S/C16H22N4O/c1-3-9-20(11-12-5-7-13(17)8-6-12)15-10-16(21)19-14(4-2)18-15/h5-8,10H,3-4,9,11,17H2,1-2H3,(H,18,19,21). The summed E-state index contributed by atoms with van der Waals surface area (Å²) in [5.41, 5.74) is 7.52. The molecule has 0 unspecified atom stereocenters. The van der Waals surface area contributed by atoms with Gasteiger partial charge in [-0.05, 0) is 24.1 Å². The summed E-state index contributed by atoms with van der Waals surface area (Å²) in [6, 6.07) is 9.36. The number of aromatic nitrogens is 2. The average molecular weight is 286 g/mol. The van der Waals surface area contributed by atoms with Crippen LogP contribution in [-0.4, -0.2) is 16.5 Å². The number of aryl methyl sites for hydroxylation is 1. The molecule has 0 amide bonds. The second-order valence-corrected chi connectivity index (χ2v) is 5.07. The Labute approximate surface area is 124 Å². The van der Waals surface area contributed by atoms with E-state index < -0.39 is 0 Å². The van der Waals surface area contributed by atoms with Gasteiger partial charge in [0.15, 0.2) is 0 Å². The molecule has 0 aliphatic rings. The summed E-state index contributed by atoms with van der Waals surface area (Å²) in [5, 5.41) is 0. The fourth-order valence-corrected chi connectivity index (χ4v) is 2.21. The zero-order valence-corrected chi connectivity index (χ0v) is 12.6. The average Bonchev–Trinajstić information content (AvgIpc) is 2.48. The van der Waals surface area contributed by atoms with Gasteiger partial charge >= 0.3 is 0 Å². The molecule has 21 heavy (non-hydrogen) atoms. The highest BCUT2D eigenvalue weighted by molar-refractivity contribution is 5.42. The molecule has 0 spiro atoms. The van der Waals surface area contributed by atoms with Gasteiger partial charge in [-0.2, -0.15) is 0 Å². The second kappa shape index (κ2) is 6.92. The van der Waals surface area contributed by atoms with Crippen LogP contribution in [0.4, 0.5) is 11.5 Å². The van der Waals surface area contributed by atoms with E-state index in [-0.39, 0.29) is 5.56 Å². The minimum atomic E-state index is -0.102. The Kier molecular flexibility index (Phi) is 4.98. The topological polar surface area (TPSA) is 75.0 Å². The number of nitrogens with two attached hydrogens (primary N) is 1. The maximum atomic E-state index is 11.7. The maximum absolute atomic E-state index is 11.7. The molecule has 0 saturated carbocycles. The third-order valence-corrected chi connectivity index (χ3v) is 3.28. The number of nitrogens with one attached hydrogen (secondary N) is 1. The third-order valence-electron chi connectivity index (χ3n) is 3.28. The van der Waals surface area contributed by atoms with Gasteiger partial charge in [0, 0.05) is 31.3 Å². The Morgan fingerprint density at radius 2 is 1.95 bits per heavy atom. The van der Waals surface area contributed by atoms with E-state index in [9.17, 15) is 4.79 Å². The van der Waals surface area contributed by atoms with Gasteiger partial charge in [-0.3, -0.25) is 4.79 Å². The first-order valence-electron chi connectivity index (χ1n) is 7.32. The first-order chi connectivity index (χ1) is 10.1. The molecule has 2 rings (SSSR count). The zero-order valence-electron chi connectivity index (χ0n) is 12.6. The molecule has 3 N–H and O–H groups in total. The zero-order chi connectivity index (χ0) is 15.2. The van der Waals surface area contributed by atoms with Gasteiger partial charge in [0.2, 0.25) is 0 Å². The molecular weight excluding hydrogens is 264 g/mol. The first kappa shape index (κ1) is 15.1. The van der Waals surface area contributed by atoms with Crippen LogP contribution in [0.5, 0.6) is 0 Å². The smallest absolute Gasteiger partial charge is 0.252 e. The predicted molar refractivity (Wildman–Crippen MR) is 86.4 cm³/mol. The van der Waals surface area contributed by atoms with E-state index in [0.717, 1.165) is 35.9 Å². The Morgan fingerprint density at radius 1 is 1.24 bits per heavy atom. The number of H-pyrrole nitrogens is 1. The highest BCUT2D eigenvalue weighted by atomic mass is 16.1. The number of nitrogens with zero attached hydrogens (tertiary/aromatic N) is 2. The number of hydrogen-bond acceptors (Lipinski definition) is 4. The first-order valence-corrected chi connectivity index (χ1v) is 7.32. The fraction of sp³-hybridized carbons (Fsp3) is 0.375. The van der Waals surface area contributed by atoms with Crippen molar-refractivity contribution >= 4 is 11.5 Å². The van der Waals surface area contributed by atoms with Crippen LogP contribution in [0.15, 0.2) is 35.1 Å². The molecule has 0 radical (unpaired) electrons. The van der Waals surface area contributed by atoms with E-state index >= 15 is 0 Å². The van der Waals surface area contributed by atoms with E-state index in [1.807, 2.05) is 31.2 Å². The molecule has 0 fully saturated rings. The summed E-state index contributed by atoms with van der Waals surface area (Å²) < 4.78 is 0. The highest BCUT2D eigenvalue weighted by Gasteiger charge is 2.10. The Morgan fingerprint density at radius 3 is 2.57 bits per heavy atom. The van der Waals surface area contributed by atoms with Crippen molar-refractivity contribution in [3.05, 3.63) is 52.1 Å². The molecule has 2 aromatic rings. The fourth-order valence-electron chi connectivity index (χ4n) is 2.21. The lowest BCUT2D eigenvalue weighted by atomic mass is 10.2. The van der Waals surface area contributed by atoms with Crippen molar-refractivity contribution in [3.8, 4) is 0 Å². The molecule has 0 atom stereocenters. The van der Waals surface area contributed by atoms with Crippen molar-refractivity contribution in [1.29, 1.82) is 0 Å². The maximum Gasteiger partial charge on any atom is 0.252 e. The molecular formula is C16H22N4O. The van der Waals surface area contributed by atoms with Crippen LogP contribution in [0.3, 0.4) is 0 Å². The van der Waals surface area contributed by atoms with Crippen molar-refractivity contribution in [2.24, 2.45) is 0 Å². The number of aromatic amines is 1. The third kappa shape index (κ3) is 4.08.